The molecule has 0 saturated carbocycles. The van der Waals surface area contributed by atoms with Crippen LogP contribution in [0.1, 0.15) is 23.2 Å². The first-order valence-corrected chi connectivity index (χ1v) is 8.96. The summed E-state index contributed by atoms with van der Waals surface area (Å²) in [6.07, 6.45) is 1.82. The fourth-order valence-corrected chi connectivity index (χ4v) is 2.76. The summed E-state index contributed by atoms with van der Waals surface area (Å²) in [5, 5.41) is 0.404. The van der Waals surface area contributed by atoms with Gasteiger partial charge in [-0.2, -0.15) is 0 Å². The molecule has 3 rings (SSSR count). The Hall–Kier alpha value is -2.57. The summed E-state index contributed by atoms with van der Waals surface area (Å²) >= 11 is 5.96. The van der Waals surface area contributed by atoms with Gasteiger partial charge in [0.15, 0.2) is 6.61 Å². The van der Waals surface area contributed by atoms with Crippen LogP contribution in [0.4, 0.5) is 0 Å². The second-order valence-electron chi connectivity index (χ2n) is 5.95. The lowest BCUT2D eigenvalue weighted by atomic mass is 10.2. The minimum Gasteiger partial charge on any atom is -0.480 e. The van der Waals surface area contributed by atoms with Crippen LogP contribution in [0.25, 0.3) is 0 Å². The number of benzene rings is 2. The zero-order chi connectivity index (χ0) is 19.1. The average Bonchev–Trinajstić information content (AvgIpc) is 3.19. The summed E-state index contributed by atoms with van der Waals surface area (Å²) in [6, 6.07) is 13.1. The molecule has 1 saturated heterocycles. The van der Waals surface area contributed by atoms with Crippen LogP contribution in [0.15, 0.2) is 48.5 Å². The first-order chi connectivity index (χ1) is 13.1. The van der Waals surface area contributed by atoms with E-state index >= 15 is 0 Å². The van der Waals surface area contributed by atoms with Crippen LogP contribution in [0.3, 0.4) is 0 Å². The van der Waals surface area contributed by atoms with Gasteiger partial charge in [-0.05, 0) is 43.2 Å². The van der Waals surface area contributed by atoms with E-state index in [1.54, 1.807) is 42.5 Å². The summed E-state index contributed by atoms with van der Waals surface area (Å²) in [7, 11) is 0. The largest absolute Gasteiger partial charge is 0.480 e. The van der Waals surface area contributed by atoms with Crippen LogP contribution in [0.2, 0.25) is 5.02 Å². The number of esters is 2. The van der Waals surface area contributed by atoms with Crippen molar-refractivity contribution in [2.75, 3.05) is 19.8 Å². The molecule has 1 atom stereocenters. The normalized spacial score (nSPS) is 16.0. The topological polar surface area (TPSA) is 71.1 Å². The minimum absolute atomic E-state index is 0.0445. The molecule has 142 valence electrons. The molecule has 1 unspecified atom stereocenters. The Balaban J connectivity index is 1.51. The summed E-state index contributed by atoms with van der Waals surface area (Å²) in [5.41, 5.74) is 0.297. The van der Waals surface area contributed by atoms with Crippen LogP contribution < -0.4 is 9.47 Å². The Morgan fingerprint density at radius 2 is 2.00 bits per heavy atom. The van der Waals surface area contributed by atoms with Gasteiger partial charge in [-0.3, -0.25) is 0 Å². The second kappa shape index (κ2) is 9.39. The van der Waals surface area contributed by atoms with Crippen molar-refractivity contribution in [3.05, 3.63) is 59.1 Å². The molecule has 0 amide bonds. The number of carbonyl (C=O) groups is 2. The minimum atomic E-state index is -0.611. The molecular weight excluding hydrogens is 372 g/mol. The lowest BCUT2D eigenvalue weighted by Gasteiger charge is -2.11. The van der Waals surface area contributed by atoms with Gasteiger partial charge in [-0.25, -0.2) is 9.59 Å². The molecule has 6 nitrogen and oxygen atoms in total. The zero-order valence-corrected chi connectivity index (χ0v) is 15.3. The number of ether oxygens (including phenoxy) is 4. The van der Waals surface area contributed by atoms with Gasteiger partial charge in [-0.1, -0.05) is 29.8 Å². The summed E-state index contributed by atoms with van der Waals surface area (Å²) in [4.78, 5) is 24.1. The summed E-state index contributed by atoms with van der Waals surface area (Å²) in [5.74, 6) is -0.479. The van der Waals surface area contributed by atoms with Crippen molar-refractivity contribution in [3.63, 3.8) is 0 Å². The molecule has 2 aromatic carbocycles. The van der Waals surface area contributed by atoms with Gasteiger partial charge in [-0.15, -0.1) is 0 Å². The van der Waals surface area contributed by atoms with E-state index in [0.717, 1.165) is 12.8 Å². The second-order valence-corrected chi connectivity index (χ2v) is 6.36. The highest BCUT2D eigenvalue weighted by Crippen LogP contribution is 2.23. The van der Waals surface area contributed by atoms with E-state index in [4.69, 9.17) is 30.5 Å². The molecule has 1 fully saturated rings. The Morgan fingerprint density at radius 1 is 1.15 bits per heavy atom. The molecule has 7 heteroatoms. The number of hydrogen-bond donors (Lipinski definition) is 0. The van der Waals surface area contributed by atoms with E-state index in [1.165, 1.54) is 6.07 Å². The predicted octanol–water partition coefficient (Wildman–Crippen LogP) is 3.66. The van der Waals surface area contributed by atoms with Gasteiger partial charge in [0.05, 0.1) is 16.7 Å². The van der Waals surface area contributed by atoms with Crippen LogP contribution in [0, 0.1) is 0 Å². The first kappa shape index (κ1) is 19.2. The van der Waals surface area contributed by atoms with Crippen molar-refractivity contribution in [2.24, 2.45) is 0 Å². The summed E-state index contributed by atoms with van der Waals surface area (Å²) < 4.78 is 21.2. The highest BCUT2D eigenvalue weighted by Gasteiger charge is 2.18. The monoisotopic (exact) mass is 390 g/mol. The Morgan fingerprint density at radius 3 is 2.78 bits per heavy atom. The highest BCUT2D eigenvalue weighted by molar-refractivity contribution is 6.32. The quantitative estimate of drug-likeness (QED) is 0.530. The Kier molecular flexibility index (Phi) is 6.68. The third-order valence-corrected chi connectivity index (χ3v) is 4.22. The van der Waals surface area contributed by atoms with Crippen molar-refractivity contribution < 1.29 is 28.5 Å². The Bertz CT molecular complexity index is 801. The molecule has 1 heterocycles. The van der Waals surface area contributed by atoms with Gasteiger partial charge >= 0.3 is 11.9 Å². The molecule has 1 aliphatic heterocycles. The lowest BCUT2D eigenvalue weighted by molar-refractivity contribution is -0.136. The van der Waals surface area contributed by atoms with E-state index in [9.17, 15) is 9.59 Å². The van der Waals surface area contributed by atoms with Crippen LogP contribution in [0.5, 0.6) is 11.5 Å². The van der Waals surface area contributed by atoms with Crippen molar-refractivity contribution in [3.8, 4) is 11.5 Å². The lowest BCUT2D eigenvalue weighted by Crippen LogP contribution is -2.19. The van der Waals surface area contributed by atoms with Crippen LogP contribution >= 0.6 is 11.6 Å². The first-order valence-electron chi connectivity index (χ1n) is 8.58. The Labute approximate surface area is 161 Å². The maximum Gasteiger partial charge on any atom is 0.349 e. The van der Waals surface area contributed by atoms with E-state index in [1.807, 2.05) is 0 Å². The number of para-hydroxylation sites is 1. The average molecular weight is 391 g/mol. The van der Waals surface area contributed by atoms with Crippen LogP contribution in [-0.4, -0.2) is 37.9 Å². The molecule has 0 spiro atoms. The molecule has 2 aromatic rings. The predicted molar refractivity (Wildman–Crippen MR) is 98.3 cm³/mol. The zero-order valence-electron chi connectivity index (χ0n) is 14.6. The molecule has 27 heavy (non-hydrogen) atoms. The fraction of sp³-hybridized carbons (Fsp3) is 0.300. The molecule has 0 aromatic heterocycles. The van der Waals surface area contributed by atoms with Crippen LogP contribution in [-0.2, 0) is 14.3 Å². The third kappa shape index (κ3) is 5.70. The molecular formula is C20H19ClO6. The molecule has 0 radical (unpaired) electrons. The van der Waals surface area contributed by atoms with Crippen molar-refractivity contribution >= 4 is 23.5 Å². The van der Waals surface area contributed by atoms with Gasteiger partial charge in [0.25, 0.3) is 0 Å². The van der Waals surface area contributed by atoms with E-state index in [-0.39, 0.29) is 25.1 Å². The van der Waals surface area contributed by atoms with Gasteiger partial charge < -0.3 is 18.9 Å². The number of rotatable bonds is 7. The van der Waals surface area contributed by atoms with E-state index in [2.05, 4.69) is 0 Å². The smallest absolute Gasteiger partial charge is 0.349 e. The van der Waals surface area contributed by atoms with Crippen molar-refractivity contribution in [2.45, 2.75) is 18.9 Å². The van der Waals surface area contributed by atoms with E-state index in [0.29, 0.717) is 22.9 Å². The maximum atomic E-state index is 12.1. The van der Waals surface area contributed by atoms with Gasteiger partial charge in [0.1, 0.15) is 18.1 Å². The molecule has 0 aliphatic carbocycles. The molecule has 1 aliphatic rings. The summed E-state index contributed by atoms with van der Waals surface area (Å²) in [6.45, 7) is 0.607. The maximum absolute atomic E-state index is 12.1. The third-order valence-electron chi connectivity index (χ3n) is 3.91. The van der Waals surface area contributed by atoms with E-state index < -0.39 is 11.9 Å². The SMILES string of the molecule is O=C(COc1ccccc1Cl)Oc1cccc(C(=O)OCC2CCCO2)c1. The number of hydrogen-bond acceptors (Lipinski definition) is 6. The van der Waals surface area contributed by atoms with Gasteiger partial charge in [0, 0.05) is 6.61 Å². The number of halogens is 1. The fourth-order valence-electron chi connectivity index (χ4n) is 2.57. The highest BCUT2D eigenvalue weighted by atomic mass is 35.5. The number of carbonyl (C=O) groups excluding carboxylic acids is 2. The van der Waals surface area contributed by atoms with Crippen molar-refractivity contribution in [1.29, 1.82) is 0 Å². The standard InChI is InChI=1S/C20H19ClO6/c21-17-8-1-2-9-18(17)25-13-19(22)27-15-6-3-5-14(11-15)20(23)26-12-16-7-4-10-24-16/h1-3,5-6,8-9,11,16H,4,7,10,12-13H2. The van der Waals surface area contributed by atoms with Gasteiger partial charge in [0.2, 0.25) is 0 Å². The molecule has 0 N–H and O–H groups in total. The molecule has 0 bridgehead atoms. The van der Waals surface area contributed by atoms with Crippen molar-refractivity contribution in [1.82, 2.24) is 0 Å².